The molecular formula is C24H25NO3S. The molecule has 0 unspecified atom stereocenters. The minimum absolute atomic E-state index is 0.136. The van der Waals surface area contributed by atoms with E-state index in [0.717, 1.165) is 34.9 Å². The van der Waals surface area contributed by atoms with Gasteiger partial charge in [0.05, 0.1) is 10.3 Å². The highest BCUT2D eigenvalue weighted by Crippen LogP contribution is 2.42. The summed E-state index contributed by atoms with van der Waals surface area (Å²) in [5.74, 6) is -0.425. The Bertz CT molecular complexity index is 1190. The Labute approximate surface area is 172 Å². The maximum absolute atomic E-state index is 13.4. The van der Waals surface area contributed by atoms with Gasteiger partial charge < -0.3 is 0 Å². The second-order valence-corrected chi connectivity index (χ2v) is 9.65. The molecule has 150 valence electrons. The van der Waals surface area contributed by atoms with E-state index in [9.17, 15) is 13.2 Å². The zero-order valence-electron chi connectivity index (χ0n) is 16.7. The number of hydrogen-bond donors (Lipinski definition) is 1. The third kappa shape index (κ3) is 3.44. The minimum atomic E-state index is -3.99. The highest BCUT2D eigenvalue weighted by atomic mass is 32.2. The lowest BCUT2D eigenvalue weighted by atomic mass is 9.77. The van der Waals surface area contributed by atoms with Gasteiger partial charge in [0.15, 0.2) is 0 Å². The van der Waals surface area contributed by atoms with Gasteiger partial charge in [0.1, 0.15) is 0 Å². The number of sulfonamides is 1. The maximum Gasteiger partial charge on any atom is 0.264 e. The summed E-state index contributed by atoms with van der Waals surface area (Å²) in [6, 6.07) is 18.4. The minimum Gasteiger partial charge on any atom is -0.273 e. The summed E-state index contributed by atoms with van der Waals surface area (Å²) in [6.07, 6.45) is 3.14. The number of amides is 1. The fourth-order valence-corrected chi connectivity index (χ4v) is 5.65. The maximum atomic E-state index is 13.4. The standard InChI is InChI=1S/C24H25NO3S/c1-17-12-13-20(16-18(17)2)24(14-5-6-15-24)23(26)25-29(27,28)22-11-7-9-19-8-3-4-10-21(19)22/h3-4,7-13,16H,5-6,14-15H2,1-2H3,(H,25,26). The van der Waals surface area contributed by atoms with Crippen molar-refractivity contribution in [2.75, 3.05) is 0 Å². The molecule has 0 atom stereocenters. The summed E-state index contributed by atoms with van der Waals surface area (Å²) in [5, 5.41) is 1.44. The van der Waals surface area contributed by atoms with Crippen LogP contribution in [0.25, 0.3) is 10.8 Å². The molecule has 3 aromatic carbocycles. The smallest absolute Gasteiger partial charge is 0.264 e. The van der Waals surface area contributed by atoms with E-state index in [1.165, 1.54) is 0 Å². The fraction of sp³-hybridized carbons (Fsp3) is 0.292. The predicted molar refractivity (Wildman–Crippen MR) is 115 cm³/mol. The van der Waals surface area contributed by atoms with Crippen molar-refractivity contribution < 1.29 is 13.2 Å². The van der Waals surface area contributed by atoms with E-state index in [0.29, 0.717) is 18.2 Å². The lowest BCUT2D eigenvalue weighted by Crippen LogP contribution is -2.45. The van der Waals surface area contributed by atoms with Crippen molar-refractivity contribution in [3.05, 3.63) is 77.4 Å². The van der Waals surface area contributed by atoms with Crippen molar-refractivity contribution in [3.8, 4) is 0 Å². The van der Waals surface area contributed by atoms with Gasteiger partial charge in [-0.15, -0.1) is 0 Å². The molecule has 0 saturated heterocycles. The molecule has 3 aromatic rings. The average Bonchev–Trinajstić information content (AvgIpc) is 3.20. The normalized spacial score (nSPS) is 16.1. The van der Waals surface area contributed by atoms with Crippen LogP contribution in [0.4, 0.5) is 0 Å². The van der Waals surface area contributed by atoms with Crippen molar-refractivity contribution in [2.45, 2.75) is 49.8 Å². The van der Waals surface area contributed by atoms with Crippen molar-refractivity contribution in [2.24, 2.45) is 0 Å². The molecule has 1 aliphatic carbocycles. The zero-order valence-corrected chi connectivity index (χ0v) is 17.6. The Morgan fingerprint density at radius 2 is 1.59 bits per heavy atom. The first-order valence-electron chi connectivity index (χ1n) is 9.96. The first kappa shape index (κ1) is 19.6. The van der Waals surface area contributed by atoms with Crippen LogP contribution in [0, 0.1) is 13.8 Å². The van der Waals surface area contributed by atoms with E-state index in [1.807, 2.05) is 50.2 Å². The molecule has 4 nitrogen and oxygen atoms in total. The molecular weight excluding hydrogens is 382 g/mol. The van der Waals surface area contributed by atoms with Gasteiger partial charge >= 0.3 is 0 Å². The molecule has 1 aliphatic rings. The first-order chi connectivity index (χ1) is 13.8. The summed E-state index contributed by atoms with van der Waals surface area (Å²) in [6.45, 7) is 4.05. The third-order valence-electron chi connectivity index (χ3n) is 6.22. The molecule has 0 heterocycles. The summed E-state index contributed by atoms with van der Waals surface area (Å²) >= 11 is 0. The van der Waals surface area contributed by atoms with Crippen molar-refractivity contribution in [1.29, 1.82) is 0 Å². The van der Waals surface area contributed by atoms with E-state index >= 15 is 0 Å². The lowest BCUT2D eigenvalue weighted by molar-refractivity contribution is -0.124. The molecule has 0 bridgehead atoms. The molecule has 4 rings (SSSR count). The van der Waals surface area contributed by atoms with E-state index < -0.39 is 21.3 Å². The summed E-state index contributed by atoms with van der Waals surface area (Å²) in [5.41, 5.74) is 2.38. The van der Waals surface area contributed by atoms with Crippen LogP contribution >= 0.6 is 0 Å². The van der Waals surface area contributed by atoms with Gasteiger partial charge in [-0.25, -0.2) is 13.1 Å². The van der Waals surface area contributed by atoms with Crippen LogP contribution in [0.1, 0.15) is 42.4 Å². The van der Waals surface area contributed by atoms with Gasteiger partial charge in [-0.05, 0) is 54.8 Å². The van der Waals surface area contributed by atoms with Gasteiger partial charge in [-0.1, -0.05) is 67.4 Å². The number of aryl methyl sites for hydroxylation is 2. The second-order valence-electron chi connectivity index (χ2n) is 8.00. The summed E-state index contributed by atoms with van der Waals surface area (Å²) in [4.78, 5) is 13.5. The summed E-state index contributed by atoms with van der Waals surface area (Å²) < 4.78 is 28.8. The second kappa shape index (κ2) is 7.30. The number of fused-ring (bicyclic) bond motifs is 1. The van der Waals surface area contributed by atoms with Crippen LogP contribution in [0.2, 0.25) is 0 Å². The molecule has 5 heteroatoms. The number of rotatable bonds is 4. The Hall–Kier alpha value is -2.66. The molecule has 0 radical (unpaired) electrons. The van der Waals surface area contributed by atoms with Crippen LogP contribution in [0.5, 0.6) is 0 Å². The van der Waals surface area contributed by atoms with Crippen LogP contribution in [0.3, 0.4) is 0 Å². The van der Waals surface area contributed by atoms with Gasteiger partial charge in [0.2, 0.25) is 5.91 Å². The van der Waals surface area contributed by atoms with E-state index in [4.69, 9.17) is 0 Å². The number of carbonyl (C=O) groups is 1. The molecule has 1 saturated carbocycles. The average molecular weight is 408 g/mol. The Balaban J connectivity index is 1.73. The van der Waals surface area contributed by atoms with Crippen molar-refractivity contribution >= 4 is 26.7 Å². The number of benzene rings is 3. The highest BCUT2D eigenvalue weighted by Gasteiger charge is 2.44. The Morgan fingerprint density at radius 1 is 0.897 bits per heavy atom. The SMILES string of the molecule is Cc1ccc(C2(C(=O)NS(=O)(=O)c3cccc4ccccc34)CCCC2)cc1C. The number of nitrogens with one attached hydrogen (secondary N) is 1. The van der Waals surface area contributed by atoms with Crippen LogP contribution in [-0.2, 0) is 20.2 Å². The summed E-state index contributed by atoms with van der Waals surface area (Å²) in [7, 11) is -3.99. The lowest BCUT2D eigenvalue weighted by Gasteiger charge is -2.29. The van der Waals surface area contributed by atoms with Crippen LogP contribution in [-0.4, -0.2) is 14.3 Å². The van der Waals surface area contributed by atoms with E-state index in [2.05, 4.69) is 4.72 Å². The molecule has 1 amide bonds. The van der Waals surface area contributed by atoms with Crippen molar-refractivity contribution in [1.82, 2.24) is 4.72 Å². The molecule has 1 N–H and O–H groups in total. The van der Waals surface area contributed by atoms with E-state index in [1.54, 1.807) is 24.3 Å². The van der Waals surface area contributed by atoms with E-state index in [-0.39, 0.29) is 4.90 Å². The number of carbonyl (C=O) groups excluding carboxylic acids is 1. The largest absolute Gasteiger partial charge is 0.273 e. The topological polar surface area (TPSA) is 63.2 Å². The van der Waals surface area contributed by atoms with Crippen LogP contribution < -0.4 is 4.72 Å². The molecule has 1 fully saturated rings. The van der Waals surface area contributed by atoms with Gasteiger partial charge in [0.25, 0.3) is 10.0 Å². The third-order valence-corrected chi connectivity index (χ3v) is 7.61. The monoisotopic (exact) mass is 407 g/mol. The van der Waals surface area contributed by atoms with Gasteiger partial charge in [-0.3, -0.25) is 4.79 Å². The quantitative estimate of drug-likeness (QED) is 0.677. The molecule has 29 heavy (non-hydrogen) atoms. The van der Waals surface area contributed by atoms with Gasteiger partial charge in [-0.2, -0.15) is 0 Å². The Kier molecular flexibility index (Phi) is 4.95. The highest BCUT2D eigenvalue weighted by molar-refractivity contribution is 7.90. The van der Waals surface area contributed by atoms with Crippen LogP contribution in [0.15, 0.2) is 65.6 Å². The molecule has 0 aliphatic heterocycles. The number of hydrogen-bond acceptors (Lipinski definition) is 3. The van der Waals surface area contributed by atoms with Gasteiger partial charge in [0, 0.05) is 5.39 Å². The first-order valence-corrected chi connectivity index (χ1v) is 11.4. The molecule has 0 spiro atoms. The van der Waals surface area contributed by atoms with Crippen molar-refractivity contribution in [3.63, 3.8) is 0 Å². The fourth-order valence-electron chi connectivity index (χ4n) is 4.37. The molecule has 0 aromatic heterocycles. The zero-order chi connectivity index (χ0) is 20.6. The Morgan fingerprint density at radius 3 is 2.31 bits per heavy atom. The predicted octanol–water partition coefficient (Wildman–Crippen LogP) is 4.77.